The van der Waals surface area contributed by atoms with Crippen molar-refractivity contribution in [1.29, 1.82) is 5.26 Å². The molecule has 3 aliphatic rings. The van der Waals surface area contributed by atoms with Crippen LogP contribution in [0.3, 0.4) is 0 Å². The van der Waals surface area contributed by atoms with Crippen LogP contribution in [0.4, 0.5) is 29.7 Å². The maximum absolute atomic E-state index is 13.8. The Labute approximate surface area is 347 Å². The number of aryl methyl sites for hydroxylation is 2. The number of aromatic nitrogens is 5. The molecule has 3 aliphatic heterocycles. The van der Waals surface area contributed by atoms with Crippen LogP contribution in [0.15, 0.2) is 58.4 Å². The largest absolute Gasteiger partial charge is 0.491 e. The van der Waals surface area contributed by atoms with Crippen LogP contribution in [-0.4, -0.2) is 106 Å². The van der Waals surface area contributed by atoms with Gasteiger partial charge in [0, 0.05) is 75.8 Å². The van der Waals surface area contributed by atoms with Crippen LogP contribution < -0.4 is 25.8 Å². The van der Waals surface area contributed by atoms with Gasteiger partial charge in [0.05, 0.1) is 16.0 Å². The molecule has 61 heavy (non-hydrogen) atoms. The molecule has 8 rings (SSSR count). The zero-order chi connectivity index (χ0) is 43.2. The van der Waals surface area contributed by atoms with E-state index in [2.05, 4.69) is 48.8 Å². The lowest BCUT2D eigenvalue weighted by Crippen LogP contribution is -2.49. The summed E-state index contributed by atoms with van der Waals surface area (Å²) in [5.74, 6) is 0.812. The first kappa shape index (κ1) is 41.6. The SMILES string of the molecule is Cn1nc(N2CCC(=O)NC2=O)c2ccc(C3CCN(CCOc4cc(S(=O)(=O)N5CCC(Nc6ncc7cc(C(F)(F)F)c(=O)n(C)c7n6)CC5)ccc4C#N)CC3)cc21. The van der Waals surface area contributed by atoms with Gasteiger partial charge in [-0.3, -0.25) is 34.0 Å². The number of ether oxygens (including phenoxy) is 1. The van der Waals surface area contributed by atoms with E-state index in [9.17, 15) is 41.2 Å². The molecule has 3 saturated heterocycles. The first-order chi connectivity index (χ1) is 29.1. The molecule has 0 aliphatic carbocycles. The first-order valence-electron chi connectivity index (χ1n) is 19.8. The Hall–Kier alpha value is -6.11. The summed E-state index contributed by atoms with van der Waals surface area (Å²) >= 11 is 0. The van der Waals surface area contributed by atoms with Crippen LogP contribution in [0.2, 0.25) is 0 Å². The highest BCUT2D eigenvalue weighted by Gasteiger charge is 2.36. The topological polar surface area (TPSA) is 201 Å². The van der Waals surface area contributed by atoms with Crippen molar-refractivity contribution in [2.45, 2.75) is 55.1 Å². The van der Waals surface area contributed by atoms with Crippen molar-refractivity contribution in [3.63, 3.8) is 0 Å². The number of amides is 3. The Morgan fingerprint density at radius 3 is 2.44 bits per heavy atom. The quantitative estimate of drug-likeness (QED) is 0.204. The zero-order valence-electron chi connectivity index (χ0n) is 33.3. The summed E-state index contributed by atoms with van der Waals surface area (Å²) in [6.07, 6.45) is -0.838. The summed E-state index contributed by atoms with van der Waals surface area (Å²) in [5, 5.41) is 20.7. The summed E-state index contributed by atoms with van der Waals surface area (Å²) in [7, 11) is -0.916. The minimum Gasteiger partial charge on any atom is -0.491 e. The number of hydrogen-bond donors (Lipinski definition) is 2. The standard InChI is InChI=1S/C40H42F3N11O6S/c1-50-35-27(19-31(37(50)56)40(41,42)43)23-45-38(48-35)46-28-9-14-53(15-10-28)61(58,59)29-5-3-26(22-44)33(21-29)60-18-17-52-12-7-24(8-13-52)25-4-6-30-32(20-25)51(2)49-36(30)54-16-11-34(55)47-39(54)57/h3-6,19-21,23-24,28H,7-18H2,1-2H3,(H,45,46,48)(H,47,55,57). The highest BCUT2D eigenvalue weighted by atomic mass is 32.2. The Morgan fingerprint density at radius 1 is 0.984 bits per heavy atom. The lowest BCUT2D eigenvalue weighted by molar-refractivity contribution is -0.138. The number of anilines is 2. The molecule has 3 fully saturated rings. The molecule has 17 nitrogen and oxygen atoms in total. The second-order valence-electron chi connectivity index (χ2n) is 15.4. The van der Waals surface area contributed by atoms with Gasteiger partial charge in [0.2, 0.25) is 21.9 Å². The maximum atomic E-state index is 13.8. The third-order valence-corrected chi connectivity index (χ3v) is 13.5. The monoisotopic (exact) mass is 861 g/mol. The molecule has 3 aromatic heterocycles. The molecule has 6 heterocycles. The average Bonchev–Trinajstić information content (AvgIpc) is 3.57. The van der Waals surface area contributed by atoms with Crippen LogP contribution in [0, 0.1) is 11.3 Å². The van der Waals surface area contributed by atoms with Crippen LogP contribution in [0.1, 0.15) is 54.7 Å². The normalized spacial score (nSPS) is 17.8. The number of rotatable bonds is 10. The van der Waals surface area contributed by atoms with E-state index in [-0.39, 0.29) is 77.8 Å². The van der Waals surface area contributed by atoms with Crippen LogP contribution in [-0.2, 0) is 35.1 Å². The van der Waals surface area contributed by atoms with E-state index in [0.29, 0.717) is 31.1 Å². The summed E-state index contributed by atoms with van der Waals surface area (Å²) in [6, 6.07) is 12.5. The van der Waals surface area contributed by atoms with Gasteiger partial charge in [0.25, 0.3) is 5.56 Å². The van der Waals surface area contributed by atoms with Gasteiger partial charge in [-0.1, -0.05) is 6.07 Å². The van der Waals surface area contributed by atoms with Gasteiger partial charge in [-0.15, -0.1) is 0 Å². The van der Waals surface area contributed by atoms with E-state index in [0.717, 1.165) is 47.5 Å². The van der Waals surface area contributed by atoms with Crippen LogP contribution in [0.25, 0.3) is 21.9 Å². The van der Waals surface area contributed by atoms with E-state index in [1.807, 2.05) is 13.1 Å². The number of alkyl halides is 3. The molecule has 2 N–H and O–H groups in total. The van der Waals surface area contributed by atoms with E-state index in [1.54, 1.807) is 4.68 Å². The van der Waals surface area contributed by atoms with E-state index in [1.165, 1.54) is 46.2 Å². The number of hydrogen-bond acceptors (Lipinski definition) is 12. The Balaban J connectivity index is 0.842. The number of piperidine rings is 2. The van der Waals surface area contributed by atoms with Crippen molar-refractivity contribution in [2.24, 2.45) is 14.1 Å². The van der Waals surface area contributed by atoms with Gasteiger partial charge in [-0.25, -0.2) is 18.2 Å². The molecule has 21 heteroatoms. The second-order valence-corrected chi connectivity index (χ2v) is 17.4. The molecular formula is C40H42F3N11O6S. The van der Waals surface area contributed by atoms with Crippen molar-refractivity contribution in [3.05, 3.63) is 75.7 Å². The fraction of sp³-hybridized carbons (Fsp3) is 0.425. The summed E-state index contributed by atoms with van der Waals surface area (Å²) in [4.78, 5) is 48.6. The van der Waals surface area contributed by atoms with Crippen molar-refractivity contribution in [1.82, 2.24) is 38.8 Å². The van der Waals surface area contributed by atoms with E-state index < -0.39 is 33.4 Å². The molecule has 0 atom stereocenters. The zero-order valence-corrected chi connectivity index (χ0v) is 34.1. The first-order valence-corrected chi connectivity index (χ1v) is 21.2. The molecular weight excluding hydrogens is 820 g/mol. The van der Waals surface area contributed by atoms with E-state index in [4.69, 9.17) is 4.74 Å². The number of nitrogens with zero attached hydrogens (tertiary/aromatic N) is 9. The Kier molecular flexibility index (Phi) is 11.2. The predicted octanol–water partition coefficient (Wildman–Crippen LogP) is 4.08. The number of imide groups is 1. The number of likely N-dealkylation sites (tertiary alicyclic amines) is 1. The fourth-order valence-electron chi connectivity index (χ4n) is 8.22. The number of carbonyl (C=O) groups is 2. The van der Waals surface area contributed by atoms with Gasteiger partial charge in [0.1, 0.15) is 29.6 Å². The molecule has 320 valence electrons. The van der Waals surface area contributed by atoms with Crippen molar-refractivity contribution < 1.29 is 35.9 Å². The fourth-order valence-corrected chi connectivity index (χ4v) is 9.70. The van der Waals surface area contributed by atoms with Crippen molar-refractivity contribution in [3.8, 4) is 11.8 Å². The highest BCUT2D eigenvalue weighted by molar-refractivity contribution is 7.89. The number of halogens is 3. The van der Waals surface area contributed by atoms with Gasteiger partial charge in [-0.2, -0.15) is 32.8 Å². The van der Waals surface area contributed by atoms with Crippen molar-refractivity contribution in [2.75, 3.05) is 56.1 Å². The van der Waals surface area contributed by atoms with Gasteiger partial charge in [-0.05, 0) is 80.6 Å². The number of sulfonamides is 1. The summed E-state index contributed by atoms with van der Waals surface area (Å²) in [5.41, 5.74) is -0.221. The molecule has 2 aromatic carbocycles. The number of nitrogens with one attached hydrogen (secondary N) is 2. The maximum Gasteiger partial charge on any atom is 0.421 e. The number of carbonyl (C=O) groups excluding carboxylic acids is 2. The average molecular weight is 862 g/mol. The lowest BCUT2D eigenvalue weighted by atomic mass is 9.89. The molecule has 5 aromatic rings. The van der Waals surface area contributed by atoms with Gasteiger partial charge < -0.3 is 10.1 Å². The molecule has 0 bridgehead atoms. The van der Waals surface area contributed by atoms with Crippen LogP contribution >= 0.6 is 0 Å². The third kappa shape index (κ3) is 8.34. The Bertz CT molecular complexity index is 2750. The molecule has 0 spiro atoms. The molecule has 0 radical (unpaired) electrons. The number of urea groups is 1. The van der Waals surface area contributed by atoms with Gasteiger partial charge in [0.15, 0.2) is 5.82 Å². The minimum atomic E-state index is -4.82. The van der Waals surface area contributed by atoms with Crippen LogP contribution in [0.5, 0.6) is 5.75 Å². The smallest absolute Gasteiger partial charge is 0.421 e. The molecule has 0 saturated carbocycles. The molecule has 3 amide bonds. The number of nitriles is 1. The number of pyridine rings is 1. The lowest BCUT2D eigenvalue weighted by Gasteiger charge is -2.32. The molecule has 0 unspecified atom stereocenters. The van der Waals surface area contributed by atoms with Crippen molar-refractivity contribution >= 4 is 55.7 Å². The van der Waals surface area contributed by atoms with E-state index >= 15 is 0 Å². The number of benzene rings is 2. The summed E-state index contributed by atoms with van der Waals surface area (Å²) in [6.45, 7) is 3.02. The Morgan fingerprint density at radius 2 is 1.74 bits per heavy atom. The van der Waals surface area contributed by atoms with Gasteiger partial charge >= 0.3 is 12.2 Å². The number of fused-ring (bicyclic) bond motifs is 2. The third-order valence-electron chi connectivity index (χ3n) is 11.6. The second kappa shape index (κ2) is 16.4. The predicted molar refractivity (Wildman–Crippen MR) is 216 cm³/mol. The summed E-state index contributed by atoms with van der Waals surface area (Å²) < 4.78 is 77.5. The highest BCUT2D eigenvalue weighted by Crippen LogP contribution is 2.34. The minimum absolute atomic E-state index is 0.00228.